The van der Waals surface area contributed by atoms with Crippen LogP contribution in [0, 0.1) is 0 Å². The smallest absolute Gasteiger partial charge is 0.191 e. The average Bonchev–Trinajstić information content (AvgIpc) is 2.83. The van der Waals surface area contributed by atoms with Crippen LogP contribution in [-0.4, -0.2) is 108 Å². The number of benzene rings is 1. The Balaban J connectivity index is 0.00000363. The highest BCUT2D eigenvalue weighted by Gasteiger charge is 2.16. The molecule has 2 heterocycles. The highest BCUT2D eigenvalue weighted by atomic mass is 127. The van der Waals surface area contributed by atoms with Crippen molar-refractivity contribution in [3.8, 4) is 5.75 Å². The van der Waals surface area contributed by atoms with E-state index >= 15 is 0 Å². The van der Waals surface area contributed by atoms with Crippen LogP contribution in [0.15, 0.2) is 29.3 Å². The summed E-state index contributed by atoms with van der Waals surface area (Å²) in [6.07, 6.45) is 1.09. The van der Waals surface area contributed by atoms with Gasteiger partial charge in [0.15, 0.2) is 5.96 Å². The number of nitrogens with one attached hydrogen (secondary N) is 2. The van der Waals surface area contributed by atoms with E-state index in [1.165, 1.54) is 5.69 Å². The van der Waals surface area contributed by atoms with Crippen LogP contribution in [-0.2, 0) is 4.74 Å². The fourth-order valence-corrected chi connectivity index (χ4v) is 4.01. The largest absolute Gasteiger partial charge is 0.497 e. The lowest BCUT2D eigenvalue weighted by Gasteiger charge is -2.36. The number of methoxy groups -OCH3 is 1. The average molecular weight is 561 g/mol. The molecule has 9 heteroatoms. The molecule has 2 fully saturated rings. The monoisotopic (exact) mass is 560 g/mol. The third-order valence-corrected chi connectivity index (χ3v) is 5.88. The van der Waals surface area contributed by atoms with Gasteiger partial charge in [-0.05, 0) is 37.6 Å². The first-order valence-corrected chi connectivity index (χ1v) is 11.7. The summed E-state index contributed by atoms with van der Waals surface area (Å²) in [5.41, 5.74) is 1.28. The molecule has 2 aliphatic rings. The van der Waals surface area contributed by atoms with Crippen molar-refractivity contribution in [1.82, 2.24) is 20.4 Å². The van der Waals surface area contributed by atoms with E-state index in [4.69, 9.17) is 14.5 Å². The first kappa shape index (κ1) is 26.9. The van der Waals surface area contributed by atoms with Crippen LogP contribution >= 0.6 is 24.0 Å². The molecule has 8 nitrogen and oxygen atoms in total. The number of morpholine rings is 1. The van der Waals surface area contributed by atoms with Crippen molar-refractivity contribution in [1.29, 1.82) is 0 Å². The number of hydrogen-bond acceptors (Lipinski definition) is 6. The van der Waals surface area contributed by atoms with E-state index in [2.05, 4.69) is 44.4 Å². The lowest BCUT2D eigenvalue weighted by atomic mass is 10.2. The van der Waals surface area contributed by atoms with Crippen molar-refractivity contribution in [3.05, 3.63) is 24.3 Å². The van der Waals surface area contributed by atoms with E-state index in [0.29, 0.717) is 0 Å². The zero-order valence-corrected chi connectivity index (χ0v) is 22.1. The molecule has 0 aliphatic carbocycles. The highest BCUT2D eigenvalue weighted by Crippen LogP contribution is 2.20. The van der Waals surface area contributed by atoms with Crippen LogP contribution in [0.5, 0.6) is 5.75 Å². The van der Waals surface area contributed by atoms with Crippen molar-refractivity contribution < 1.29 is 9.47 Å². The minimum absolute atomic E-state index is 0. The third-order valence-electron chi connectivity index (χ3n) is 5.88. The van der Waals surface area contributed by atoms with Gasteiger partial charge >= 0.3 is 0 Å². The van der Waals surface area contributed by atoms with Gasteiger partial charge in [0.25, 0.3) is 0 Å². The molecule has 1 aromatic rings. The molecule has 0 aromatic heterocycles. The molecule has 0 bridgehead atoms. The van der Waals surface area contributed by atoms with Crippen LogP contribution in [0.1, 0.15) is 13.3 Å². The minimum atomic E-state index is 0. The predicted octanol–water partition coefficient (Wildman–Crippen LogP) is 1.71. The topological polar surface area (TPSA) is 64.6 Å². The number of halogens is 1. The summed E-state index contributed by atoms with van der Waals surface area (Å²) in [4.78, 5) is 12.2. The molecule has 2 aliphatic heterocycles. The Morgan fingerprint density at radius 2 is 1.66 bits per heavy atom. The van der Waals surface area contributed by atoms with Crippen molar-refractivity contribution in [2.24, 2.45) is 4.99 Å². The van der Waals surface area contributed by atoms with Crippen molar-refractivity contribution >= 4 is 35.6 Å². The minimum Gasteiger partial charge on any atom is -0.497 e. The van der Waals surface area contributed by atoms with Gasteiger partial charge in [-0.1, -0.05) is 0 Å². The van der Waals surface area contributed by atoms with E-state index in [9.17, 15) is 0 Å². The fourth-order valence-electron chi connectivity index (χ4n) is 4.01. The van der Waals surface area contributed by atoms with Gasteiger partial charge in [0, 0.05) is 77.7 Å². The van der Waals surface area contributed by atoms with E-state index in [-0.39, 0.29) is 24.0 Å². The Morgan fingerprint density at radius 1 is 0.969 bits per heavy atom. The molecule has 32 heavy (non-hydrogen) atoms. The summed E-state index contributed by atoms with van der Waals surface area (Å²) in [6, 6.07) is 8.38. The number of ether oxygens (including phenoxy) is 2. The molecule has 3 rings (SSSR count). The molecule has 0 saturated carbocycles. The lowest BCUT2D eigenvalue weighted by Crippen LogP contribution is -2.46. The summed E-state index contributed by atoms with van der Waals surface area (Å²) < 4.78 is 10.7. The second kappa shape index (κ2) is 15.5. The van der Waals surface area contributed by atoms with Crippen LogP contribution < -0.4 is 20.3 Å². The number of aliphatic imine (C=N–C) groups is 1. The normalized spacial score (nSPS) is 18.2. The quantitative estimate of drug-likeness (QED) is 0.196. The van der Waals surface area contributed by atoms with Gasteiger partial charge < -0.3 is 25.0 Å². The van der Waals surface area contributed by atoms with Gasteiger partial charge in [-0.25, -0.2) is 0 Å². The van der Waals surface area contributed by atoms with E-state index in [0.717, 1.165) is 103 Å². The molecule has 0 unspecified atom stereocenters. The molecule has 0 amide bonds. The molecule has 0 atom stereocenters. The Bertz CT molecular complexity index is 646. The van der Waals surface area contributed by atoms with Crippen LogP contribution in [0.25, 0.3) is 0 Å². The van der Waals surface area contributed by atoms with Gasteiger partial charge in [0.1, 0.15) is 5.75 Å². The molecule has 2 saturated heterocycles. The Morgan fingerprint density at radius 3 is 2.31 bits per heavy atom. The lowest BCUT2D eigenvalue weighted by molar-refractivity contribution is 0.0389. The predicted molar refractivity (Wildman–Crippen MR) is 143 cm³/mol. The maximum Gasteiger partial charge on any atom is 0.191 e. The standard InChI is InChI=1S/C23H40N6O2.HI/c1-3-24-23(26-10-12-28-17-19-31-20-18-28)25-9-4-11-27-13-15-29(16-14-27)21-5-7-22(30-2)8-6-21;/h5-8H,3-4,9-20H2,1-2H3,(H2,24,25,26);1H. The maximum atomic E-state index is 5.41. The Labute approximate surface area is 210 Å². The van der Waals surface area contributed by atoms with E-state index in [1.54, 1.807) is 7.11 Å². The molecule has 2 N–H and O–H groups in total. The van der Waals surface area contributed by atoms with Crippen LogP contribution in [0.3, 0.4) is 0 Å². The zero-order chi connectivity index (χ0) is 21.7. The number of nitrogens with zero attached hydrogens (tertiary/aromatic N) is 4. The van der Waals surface area contributed by atoms with Crippen molar-refractivity contribution in [2.75, 3.05) is 97.2 Å². The molecule has 1 aromatic carbocycles. The zero-order valence-electron chi connectivity index (χ0n) is 19.7. The number of piperazine rings is 1. The first-order chi connectivity index (χ1) is 15.3. The maximum absolute atomic E-state index is 5.41. The number of guanidine groups is 1. The third kappa shape index (κ3) is 9.29. The Hall–Kier alpha value is -1.30. The van der Waals surface area contributed by atoms with Crippen molar-refractivity contribution in [2.45, 2.75) is 13.3 Å². The summed E-state index contributed by atoms with van der Waals surface area (Å²) in [5, 5.41) is 6.82. The summed E-state index contributed by atoms with van der Waals surface area (Å²) in [7, 11) is 1.71. The van der Waals surface area contributed by atoms with Crippen LogP contribution in [0.4, 0.5) is 5.69 Å². The molecule has 0 spiro atoms. The molecule has 0 radical (unpaired) electrons. The van der Waals surface area contributed by atoms with Gasteiger partial charge in [-0.2, -0.15) is 0 Å². The van der Waals surface area contributed by atoms with Gasteiger partial charge in [-0.15, -0.1) is 24.0 Å². The summed E-state index contributed by atoms with van der Waals surface area (Å²) in [6.45, 7) is 15.0. The molecule has 182 valence electrons. The molecular formula is C23H41IN6O2. The van der Waals surface area contributed by atoms with Gasteiger partial charge in [0.2, 0.25) is 0 Å². The second-order valence-electron chi connectivity index (χ2n) is 8.02. The summed E-state index contributed by atoms with van der Waals surface area (Å²) >= 11 is 0. The summed E-state index contributed by atoms with van der Waals surface area (Å²) in [5.74, 6) is 1.84. The SMILES string of the molecule is CCNC(=NCCCN1CCN(c2ccc(OC)cc2)CC1)NCCN1CCOCC1.I. The number of hydrogen-bond donors (Lipinski definition) is 2. The fraction of sp³-hybridized carbons (Fsp3) is 0.696. The molecular weight excluding hydrogens is 519 g/mol. The second-order valence-corrected chi connectivity index (χ2v) is 8.02. The van der Waals surface area contributed by atoms with Crippen LogP contribution in [0.2, 0.25) is 0 Å². The number of anilines is 1. The van der Waals surface area contributed by atoms with Crippen molar-refractivity contribution in [3.63, 3.8) is 0 Å². The van der Waals surface area contributed by atoms with Gasteiger partial charge in [0.05, 0.1) is 20.3 Å². The number of rotatable bonds is 10. The van der Waals surface area contributed by atoms with Gasteiger partial charge in [-0.3, -0.25) is 14.8 Å². The van der Waals surface area contributed by atoms with E-state index < -0.39 is 0 Å². The first-order valence-electron chi connectivity index (χ1n) is 11.7. The Kier molecular flexibility index (Phi) is 13.1. The van der Waals surface area contributed by atoms with E-state index in [1.807, 2.05) is 12.1 Å². The highest BCUT2D eigenvalue weighted by molar-refractivity contribution is 14.0.